The standard InChI is InChI=1S/C13H19BrN2O3S/c1-19-13-3-2-11(14)6-10(13)7-12(16-15)9-4-5-20(17,18)8-9/h2-3,6,9,12,16H,4-5,7-8,15H2,1H3. The third-order valence-electron chi connectivity index (χ3n) is 3.73. The molecular formula is C13H19BrN2O3S. The summed E-state index contributed by atoms with van der Waals surface area (Å²) < 4.78 is 29.5. The zero-order valence-corrected chi connectivity index (χ0v) is 13.7. The number of methoxy groups -OCH3 is 1. The minimum atomic E-state index is -2.90. The van der Waals surface area contributed by atoms with Crippen LogP contribution >= 0.6 is 15.9 Å². The second-order valence-electron chi connectivity index (χ2n) is 5.10. The van der Waals surface area contributed by atoms with Crippen molar-refractivity contribution in [3.63, 3.8) is 0 Å². The summed E-state index contributed by atoms with van der Waals surface area (Å²) in [6, 6.07) is 5.70. The number of hydrogen-bond acceptors (Lipinski definition) is 5. The molecule has 5 nitrogen and oxygen atoms in total. The molecule has 1 saturated heterocycles. The molecule has 1 aromatic rings. The Balaban J connectivity index is 2.16. The molecule has 2 atom stereocenters. The van der Waals surface area contributed by atoms with E-state index in [1.165, 1.54) is 0 Å². The lowest BCUT2D eigenvalue weighted by Crippen LogP contribution is -2.43. The molecule has 7 heteroatoms. The van der Waals surface area contributed by atoms with Crippen LogP contribution in [0, 0.1) is 5.92 Å². The summed E-state index contributed by atoms with van der Waals surface area (Å²) in [5, 5.41) is 0. The molecule has 2 rings (SSSR count). The van der Waals surface area contributed by atoms with Gasteiger partial charge in [-0.05, 0) is 42.5 Å². The first kappa shape index (κ1) is 15.8. The van der Waals surface area contributed by atoms with Crippen LogP contribution in [0.1, 0.15) is 12.0 Å². The minimum absolute atomic E-state index is 0.0497. The number of rotatable bonds is 5. The number of hydrazine groups is 1. The van der Waals surface area contributed by atoms with Crippen molar-refractivity contribution in [2.75, 3.05) is 18.6 Å². The predicted molar refractivity (Wildman–Crippen MR) is 82.3 cm³/mol. The first-order valence-corrected chi connectivity index (χ1v) is 9.05. The molecule has 0 aliphatic carbocycles. The maximum Gasteiger partial charge on any atom is 0.150 e. The van der Waals surface area contributed by atoms with Crippen LogP contribution in [0.4, 0.5) is 0 Å². The molecule has 3 N–H and O–H groups in total. The van der Waals surface area contributed by atoms with Gasteiger partial charge in [0.05, 0.1) is 18.6 Å². The third-order valence-corrected chi connectivity index (χ3v) is 6.02. The van der Waals surface area contributed by atoms with E-state index in [1.54, 1.807) is 7.11 Å². The predicted octanol–water partition coefficient (Wildman–Crippen LogP) is 1.27. The molecule has 1 aromatic carbocycles. The summed E-state index contributed by atoms with van der Waals surface area (Å²) in [6.07, 6.45) is 1.30. The number of nitrogens with two attached hydrogens (primary N) is 1. The monoisotopic (exact) mass is 362 g/mol. The lowest BCUT2D eigenvalue weighted by atomic mass is 9.93. The highest BCUT2D eigenvalue weighted by Crippen LogP contribution is 2.28. The Bertz CT molecular complexity index is 577. The number of benzene rings is 1. The van der Waals surface area contributed by atoms with Crippen LogP contribution in [-0.2, 0) is 16.3 Å². The molecule has 1 aliphatic heterocycles. The van der Waals surface area contributed by atoms with Crippen LogP contribution in [0.25, 0.3) is 0 Å². The summed E-state index contributed by atoms with van der Waals surface area (Å²) >= 11 is 3.44. The first-order valence-electron chi connectivity index (χ1n) is 6.44. The van der Waals surface area contributed by atoms with Crippen LogP contribution in [0.5, 0.6) is 5.75 Å². The highest BCUT2D eigenvalue weighted by Gasteiger charge is 2.33. The lowest BCUT2D eigenvalue weighted by Gasteiger charge is -2.22. The Morgan fingerprint density at radius 1 is 1.55 bits per heavy atom. The second kappa shape index (κ2) is 6.43. The molecule has 1 heterocycles. The van der Waals surface area contributed by atoms with Crippen LogP contribution in [0.3, 0.4) is 0 Å². The summed E-state index contributed by atoms with van der Waals surface area (Å²) in [6.45, 7) is 0. The van der Waals surface area contributed by atoms with E-state index in [0.29, 0.717) is 12.8 Å². The summed E-state index contributed by atoms with van der Waals surface area (Å²) in [5.41, 5.74) is 3.77. The zero-order valence-electron chi connectivity index (χ0n) is 11.3. The number of sulfone groups is 1. The van der Waals surface area contributed by atoms with Gasteiger partial charge in [-0.3, -0.25) is 11.3 Å². The molecule has 0 bridgehead atoms. The van der Waals surface area contributed by atoms with Crippen LogP contribution < -0.4 is 16.0 Å². The van der Waals surface area contributed by atoms with E-state index >= 15 is 0 Å². The molecule has 2 unspecified atom stereocenters. The Morgan fingerprint density at radius 3 is 2.85 bits per heavy atom. The molecule has 0 spiro atoms. The highest BCUT2D eigenvalue weighted by atomic mass is 79.9. The number of hydrogen-bond donors (Lipinski definition) is 2. The van der Waals surface area contributed by atoms with Gasteiger partial charge in [0.25, 0.3) is 0 Å². The number of nitrogens with one attached hydrogen (secondary N) is 1. The number of halogens is 1. The molecule has 20 heavy (non-hydrogen) atoms. The van der Waals surface area contributed by atoms with Crippen LogP contribution in [-0.4, -0.2) is 33.1 Å². The smallest absolute Gasteiger partial charge is 0.150 e. The van der Waals surface area contributed by atoms with Crippen molar-refractivity contribution < 1.29 is 13.2 Å². The fourth-order valence-electron chi connectivity index (χ4n) is 2.65. The quantitative estimate of drug-likeness (QED) is 0.608. The summed E-state index contributed by atoms with van der Waals surface area (Å²) in [5.74, 6) is 6.92. The Morgan fingerprint density at radius 2 is 2.30 bits per heavy atom. The summed E-state index contributed by atoms with van der Waals surface area (Å²) in [4.78, 5) is 0. The lowest BCUT2D eigenvalue weighted by molar-refractivity contribution is 0.371. The zero-order chi connectivity index (χ0) is 14.8. The highest BCUT2D eigenvalue weighted by molar-refractivity contribution is 9.10. The van der Waals surface area contributed by atoms with E-state index in [4.69, 9.17) is 10.6 Å². The SMILES string of the molecule is COc1ccc(Br)cc1CC(NN)C1CCS(=O)(=O)C1. The van der Waals surface area contributed by atoms with Gasteiger partial charge in [-0.25, -0.2) is 8.42 Å². The average molecular weight is 363 g/mol. The van der Waals surface area contributed by atoms with Crippen molar-refractivity contribution in [2.24, 2.45) is 11.8 Å². The fraction of sp³-hybridized carbons (Fsp3) is 0.538. The second-order valence-corrected chi connectivity index (χ2v) is 8.24. The van der Waals surface area contributed by atoms with Gasteiger partial charge in [0, 0.05) is 10.5 Å². The molecule has 0 aromatic heterocycles. The van der Waals surface area contributed by atoms with Crippen molar-refractivity contribution in [1.82, 2.24) is 5.43 Å². The van der Waals surface area contributed by atoms with Gasteiger partial charge in [0.2, 0.25) is 0 Å². The van der Waals surface area contributed by atoms with Gasteiger partial charge in [0.1, 0.15) is 5.75 Å². The average Bonchev–Trinajstić information content (AvgIpc) is 2.76. The van der Waals surface area contributed by atoms with E-state index in [2.05, 4.69) is 21.4 Å². The molecule has 0 radical (unpaired) electrons. The first-order chi connectivity index (χ1) is 9.45. The van der Waals surface area contributed by atoms with Crippen molar-refractivity contribution >= 4 is 25.8 Å². The van der Waals surface area contributed by atoms with Gasteiger partial charge >= 0.3 is 0 Å². The van der Waals surface area contributed by atoms with Gasteiger partial charge in [-0.15, -0.1) is 0 Å². The Labute approximate surface area is 127 Å². The minimum Gasteiger partial charge on any atom is -0.496 e. The van der Waals surface area contributed by atoms with Gasteiger partial charge < -0.3 is 4.74 Å². The van der Waals surface area contributed by atoms with Crippen molar-refractivity contribution in [1.29, 1.82) is 0 Å². The Kier molecular flexibility index (Phi) is 5.06. The van der Waals surface area contributed by atoms with Gasteiger partial charge in [-0.2, -0.15) is 0 Å². The number of ether oxygens (including phenoxy) is 1. The van der Waals surface area contributed by atoms with Gasteiger partial charge in [-0.1, -0.05) is 15.9 Å². The summed E-state index contributed by atoms with van der Waals surface area (Å²) in [7, 11) is -1.28. The molecule has 1 aliphatic rings. The van der Waals surface area contributed by atoms with E-state index in [1.807, 2.05) is 18.2 Å². The molecule has 1 fully saturated rings. The molecule has 0 saturated carbocycles. The van der Waals surface area contributed by atoms with Crippen molar-refractivity contribution in [3.05, 3.63) is 28.2 Å². The van der Waals surface area contributed by atoms with Crippen molar-refractivity contribution in [3.8, 4) is 5.75 Å². The molecular weight excluding hydrogens is 344 g/mol. The van der Waals surface area contributed by atoms with E-state index in [0.717, 1.165) is 15.8 Å². The van der Waals surface area contributed by atoms with Crippen LogP contribution in [0.15, 0.2) is 22.7 Å². The molecule has 0 amide bonds. The van der Waals surface area contributed by atoms with E-state index in [9.17, 15) is 8.42 Å². The molecule has 112 valence electrons. The normalized spacial score (nSPS) is 22.6. The van der Waals surface area contributed by atoms with E-state index < -0.39 is 9.84 Å². The fourth-order valence-corrected chi connectivity index (χ4v) is 4.93. The topological polar surface area (TPSA) is 81.4 Å². The van der Waals surface area contributed by atoms with Crippen LogP contribution in [0.2, 0.25) is 0 Å². The van der Waals surface area contributed by atoms with Crippen molar-refractivity contribution in [2.45, 2.75) is 18.9 Å². The van der Waals surface area contributed by atoms with Gasteiger partial charge in [0.15, 0.2) is 9.84 Å². The maximum atomic E-state index is 11.6. The largest absolute Gasteiger partial charge is 0.496 e. The van der Waals surface area contributed by atoms with E-state index in [-0.39, 0.29) is 23.5 Å². The third kappa shape index (κ3) is 3.72. The maximum absolute atomic E-state index is 11.6. The Hall–Kier alpha value is -0.630.